The van der Waals surface area contributed by atoms with Crippen LogP contribution in [0.15, 0.2) is 0 Å². The summed E-state index contributed by atoms with van der Waals surface area (Å²) in [5.41, 5.74) is 0. The lowest BCUT2D eigenvalue weighted by molar-refractivity contribution is -0.453. The Hall–Kier alpha value is -1.09. The minimum Gasteiger partial charge on any atom is -0.373 e. The second-order valence-electron chi connectivity index (χ2n) is 4.42. The van der Waals surface area contributed by atoms with Crippen LogP contribution in [-0.2, 0) is 4.74 Å². The molecule has 0 aliphatic heterocycles. The number of hydrogen-bond donors (Lipinski definition) is 0. The van der Waals surface area contributed by atoms with E-state index in [1.807, 2.05) is 7.11 Å². The van der Waals surface area contributed by atoms with Crippen molar-refractivity contribution in [1.29, 1.82) is 0 Å². The molecule has 0 aromatic carbocycles. The first-order valence-electron chi connectivity index (χ1n) is 5.27. The Morgan fingerprint density at radius 1 is 0.480 bits per heavy atom. The second-order valence-corrected chi connectivity index (χ2v) is 4.42. The molecule has 0 aromatic rings. The third-order valence-electron chi connectivity index (χ3n) is 2.68. The molecule has 0 rings (SSSR count). The van der Waals surface area contributed by atoms with Crippen LogP contribution < -0.4 is 0 Å². The van der Waals surface area contributed by atoms with Gasteiger partial charge in [-0.15, -0.1) is 0 Å². The van der Waals surface area contributed by atoms with E-state index >= 15 is 0 Å². The first kappa shape index (κ1) is 23.9. The highest BCUT2D eigenvalue weighted by atomic mass is 19.4. The quantitative estimate of drug-likeness (QED) is 0.524. The molecule has 0 saturated heterocycles. The first-order chi connectivity index (χ1) is 10.6. The molecule has 16 heteroatoms. The Morgan fingerprint density at radius 3 is 1.04 bits per heavy atom. The van der Waals surface area contributed by atoms with E-state index in [4.69, 9.17) is 0 Å². The van der Waals surface area contributed by atoms with Crippen molar-refractivity contribution >= 4 is 0 Å². The van der Waals surface area contributed by atoms with Gasteiger partial charge in [-0.05, 0) is 0 Å². The minimum absolute atomic E-state index is 1.99. The number of halogens is 15. The molecule has 0 unspecified atom stereocenters. The zero-order valence-electron chi connectivity index (χ0n) is 11.0. The third-order valence-corrected chi connectivity index (χ3v) is 2.68. The molecule has 0 fully saturated rings. The van der Waals surface area contributed by atoms with E-state index in [-0.39, 0.29) is 0 Å². The van der Waals surface area contributed by atoms with Gasteiger partial charge in [-0.2, -0.15) is 65.9 Å². The molecule has 151 valence electrons. The van der Waals surface area contributed by atoms with E-state index in [2.05, 4.69) is 4.74 Å². The van der Waals surface area contributed by atoms with Crippen molar-refractivity contribution < 1.29 is 70.6 Å². The molecule has 0 aliphatic rings. The summed E-state index contributed by atoms with van der Waals surface area (Å²) in [5, 5.41) is 0. The first-order valence-corrected chi connectivity index (χ1v) is 5.27. The standard InChI is InChI=1S/C9H4F15O/c1-25-2-3(10,11)4(12,13)5(14,15)6(16,17)7(18,19)8(20,21)9(22,23)24/h1-2H2. The van der Waals surface area contributed by atoms with E-state index in [1.54, 1.807) is 0 Å². The highest BCUT2D eigenvalue weighted by Crippen LogP contribution is 2.62. The Morgan fingerprint density at radius 2 is 0.760 bits per heavy atom. The van der Waals surface area contributed by atoms with E-state index in [0.29, 0.717) is 0 Å². The van der Waals surface area contributed by atoms with Crippen LogP contribution in [0.1, 0.15) is 0 Å². The summed E-state index contributed by atoms with van der Waals surface area (Å²) < 4.78 is 192. The van der Waals surface area contributed by atoms with Gasteiger partial charge in [-0.1, -0.05) is 0 Å². The van der Waals surface area contributed by atoms with Gasteiger partial charge in [0.15, 0.2) is 0 Å². The van der Waals surface area contributed by atoms with Gasteiger partial charge in [0.05, 0.1) is 7.11 Å². The molecule has 1 nitrogen and oxygen atoms in total. The van der Waals surface area contributed by atoms with Crippen molar-refractivity contribution in [2.75, 3.05) is 6.61 Å². The lowest BCUT2D eigenvalue weighted by Gasteiger charge is -2.41. The molecule has 0 aromatic heterocycles. The van der Waals surface area contributed by atoms with Crippen LogP contribution in [0.4, 0.5) is 65.9 Å². The molecule has 1 radical (unpaired) electrons. The van der Waals surface area contributed by atoms with Gasteiger partial charge in [0.1, 0.15) is 6.61 Å². The molecule has 0 atom stereocenters. The average Bonchev–Trinajstić information content (AvgIpc) is 2.35. The fraction of sp³-hybridized carbons (Fsp3) is 0.889. The maximum absolute atomic E-state index is 13.0. The Kier molecular flexibility index (Phi) is 5.71. The van der Waals surface area contributed by atoms with Crippen molar-refractivity contribution in [2.24, 2.45) is 0 Å². The molecule has 0 N–H and O–H groups in total. The third kappa shape index (κ3) is 3.09. The Balaban J connectivity index is 6.40. The summed E-state index contributed by atoms with van der Waals surface area (Å²) in [5.74, 6) is -46.5. The number of rotatable bonds is 7. The van der Waals surface area contributed by atoms with Crippen molar-refractivity contribution in [3.63, 3.8) is 0 Å². The molecule has 0 heterocycles. The van der Waals surface area contributed by atoms with E-state index in [1.165, 1.54) is 0 Å². The van der Waals surface area contributed by atoms with Gasteiger partial charge in [-0.25, -0.2) is 0 Å². The van der Waals surface area contributed by atoms with Crippen LogP contribution in [0.2, 0.25) is 0 Å². The van der Waals surface area contributed by atoms with Crippen molar-refractivity contribution in [3.05, 3.63) is 7.11 Å². The van der Waals surface area contributed by atoms with Gasteiger partial charge in [0, 0.05) is 0 Å². The molecular formula is C9H4F15O. The van der Waals surface area contributed by atoms with Gasteiger partial charge in [0.2, 0.25) is 0 Å². The Labute approximate surface area is 127 Å². The van der Waals surface area contributed by atoms with Gasteiger partial charge >= 0.3 is 41.7 Å². The maximum atomic E-state index is 13.0. The summed E-state index contributed by atoms with van der Waals surface area (Å²) in [6, 6.07) is 0. The topological polar surface area (TPSA) is 9.23 Å². The monoisotopic (exact) mass is 413 g/mol. The number of hydrogen-bond acceptors (Lipinski definition) is 1. The molecular weight excluding hydrogens is 409 g/mol. The second kappa shape index (κ2) is 5.97. The largest absolute Gasteiger partial charge is 0.460 e. The molecule has 0 aliphatic carbocycles. The average molecular weight is 413 g/mol. The van der Waals surface area contributed by atoms with Crippen LogP contribution in [0.25, 0.3) is 0 Å². The number of ether oxygens (including phenoxy) is 1. The molecule has 0 spiro atoms. The van der Waals surface area contributed by atoms with Crippen LogP contribution in [-0.4, -0.2) is 48.3 Å². The van der Waals surface area contributed by atoms with Gasteiger partial charge in [0.25, 0.3) is 0 Å². The van der Waals surface area contributed by atoms with E-state index in [0.717, 1.165) is 0 Å². The van der Waals surface area contributed by atoms with E-state index in [9.17, 15) is 65.9 Å². The SMILES string of the molecule is [CH2]OCC(F)(F)C(F)(F)C(F)(F)C(F)(F)C(F)(F)C(F)(F)C(F)(F)F. The van der Waals surface area contributed by atoms with Crippen LogP contribution >= 0.6 is 0 Å². The summed E-state index contributed by atoms with van der Waals surface area (Å²) in [7, 11) is 1.99. The van der Waals surface area contributed by atoms with Gasteiger partial charge in [-0.3, -0.25) is 0 Å². The summed E-state index contributed by atoms with van der Waals surface area (Å²) >= 11 is 0. The van der Waals surface area contributed by atoms with Crippen LogP contribution in [0.3, 0.4) is 0 Å². The predicted octanol–water partition coefficient (Wildman–Crippen LogP) is 5.17. The normalized spacial score (nSPS) is 16.3. The molecule has 0 amide bonds. The molecule has 0 saturated carbocycles. The summed E-state index contributed by atoms with van der Waals surface area (Å²) in [6.07, 6.45) is -7.61. The fourth-order valence-electron chi connectivity index (χ4n) is 1.22. The lowest BCUT2D eigenvalue weighted by atomic mass is 9.91. The maximum Gasteiger partial charge on any atom is 0.460 e. The van der Waals surface area contributed by atoms with Crippen molar-refractivity contribution in [2.45, 2.75) is 41.7 Å². The summed E-state index contributed by atoms with van der Waals surface area (Å²) in [6.45, 7) is -2.88. The van der Waals surface area contributed by atoms with E-state index < -0.39 is 48.3 Å². The van der Waals surface area contributed by atoms with Crippen LogP contribution in [0, 0.1) is 7.11 Å². The smallest absolute Gasteiger partial charge is 0.373 e. The zero-order chi connectivity index (χ0) is 20.9. The minimum atomic E-state index is -8.27. The lowest BCUT2D eigenvalue weighted by Crippen LogP contribution is -2.73. The summed E-state index contributed by atoms with van der Waals surface area (Å²) in [4.78, 5) is 0. The van der Waals surface area contributed by atoms with Crippen LogP contribution in [0.5, 0.6) is 0 Å². The Bertz CT molecular complexity index is 476. The molecule has 25 heavy (non-hydrogen) atoms. The predicted molar refractivity (Wildman–Crippen MR) is 47.0 cm³/mol. The zero-order valence-corrected chi connectivity index (χ0v) is 11.0. The van der Waals surface area contributed by atoms with Crippen molar-refractivity contribution in [3.8, 4) is 0 Å². The number of alkyl halides is 15. The highest BCUT2D eigenvalue weighted by Gasteiger charge is 2.93. The highest BCUT2D eigenvalue weighted by molar-refractivity contribution is 5.12. The van der Waals surface area contributed by atoms with Gasteiger partial charge < -0.3 is 4.74 Å². The fourth-order valence-corrected chi connectivity index (χ4v) is 1.22. The van der Waals surface area contributed by atoms with Crippen molar-refractivity contribution in [1.82, 2.24) is 0 Å². The molecule has 0 bridgehead atoms.